The maximum atomic E-state index is 14.5. The predicted molar refractivity (Wildman–Crippen MR) is 115 cm³/mol. The van der Waals surface area contributed by atoms with E-state index in [1.807, 2.05) is 32.9 Å². The van der Waals surface area contributed by atoms with Gasteiger partial charge in [-0.05, 0) is 55.7 Å². The van der Waals surface area contributed by atoms with Gasteiger partial charge in [0.15, 0.2) is 17.5 Å². The molecule has 1 atom stereocenters. The standard InChI is InChI=1S/C22H20F4N4S/c1-4-17-16(25)10-30(9-13-6-14(23)21(26)15(24)7-13)22(28-17)29-18-8-20-19(5-11(18)2)27-12(3)31-20/h5-8,10,17H,4,9H2,1-3H3,(H,28,29). The number of benzene rings is 2. The Kier molecular flexibility index (Phi) is 5.70. The lowest BCUT2D eigenvalue weighted by molar-refractivity contribution is 0.430. The third-order valence-corrected chi connectivity index (χ3v) is 5.95. The number of aliphatic imine (C=N–C) groups is 1. The molecule has 3 aromatic rings. The maximum Gasteiger partial charge on any atom is 0.203 e. The van der Waals surface area contributed by atoms with Crippen LogP contribution in [0, 0.1) is 31.3 Å². The van der Waals surface area contributed by atoms with Crippen LogP contribution in [-0.2, 0) is 6.54 Å². The van der Waals surface area contributed by atoms with E-state index < -0.39 is 29.3 Å². The minimum atomic E-state index is -1.54. The van der Waals surface area contributed by atoms with Crippen LogP contribution in [0.4, 0.5) is 23.2 Å². The van der Waals surface area contributed by atoms with Crippen molar-refractivity contribution < 1.29 is 17.6 Å². The largest absolute Gasteiger partial charge is 0.326 e. The van der Waals surface area contributed by atoms with Gasteiger partial charge in [-0.15, -0.1) is 11.3 Å². The van der Waals surface area contributed by atoms with Crippen LogP contribution >= 0.6 is 11.3 Å². The normalized spacial score (nSPS) is 16.5. The van der Waals surface area contributed by atoms with Crippen LogP contribution in [0.15, 0.2) is 41.3 Å². The van der Waals surface area contributed by atoms with Crippen molar-refractivity contribution >= 4 is 33.2 Å². The SMILES string of the molecule is CCC1N=C(Nc2cc3sc(C)nc3cc2C)N(Cc2cc(F)c(F)c(F)c2)C=C1F. The fourth-order valence-electron chi connectivity index (χ4n) is 3.44. The van der Waals surface area contributed by atoms with Gasteiger partial charge in [0.2, 0.25) is 5.96 Å². The molecule has 0 aliphatic carbocycles. The summed E-state index contributed by atoms with van der Waals surface area (Å²) in [6, 6.07) is 5.03. The molecule has 0 saturated carbocycles. The molecular formula is C22H20F4N4S. The number of nitrogens with zero attached hydrogens (tertiary/aromatic N) is 3. The Bertz CT molecular complexity index is 1190. The molecule has 162 valence electrons. The molecule has 0 saturated heterocycles. The van der Waals surface area contributed by atoms with Gasteiger partial charge in [-0.2, -0.15) is 0 Å². The van der Waals surface area contributed by atoms with Crippen molar-refractivity contribution in [2.45, 2.75) is 39.8 Å². The lowest BCUT2D eigenvalue weighted by atomic mass is 10.1. The second-order valence-electron chi connectivity index (χ2n) is 7.38. The summed E-state index contributed by atoms with van der Waals surface area (Å²) in [5, 5.41) is 4.17. The summed E-state index contributed by atoms with van der Waals surface area (Å²) in [5.74, 6) is -4.25. The third kappa shape index (κ3) is 4.27. The van der Waals surface area contributed by atoms with Gasteiger partial charge in [-0.25, -0.2) is 27.5 Å². The molecule has 0 amide bonds. The molecule has 1 N–H and O–H groups in total. The minimum Gasteiger partial charge on any atom is -0.326 e. The van der Waals surface area contributed by atoms with Gasteiger partial charge in [0.1, 0.15) is 11.9 Å². The first-order valence-corrected chi connectivity index (χ1v) is 10.6. The van der Waals surface area contributed by atoms with E-state index in [0.717, 1.165) is 38.6 Å². The van der Waals surface area contributed by atoms with Crippen LogP contribution < -0.4 is 5.32 Å². The predicted octanol–water partition coefficient (Wildman–Crippen LogP) is 6.20. The molecule has 4 nitrogen and oxygen atoms in total. The molecule has 2 aromatic carbocycles. The van der Waals surface area contributed by atoms with Crippen LogP contribution in [0.2, 0.25) is 0 Å². The average Bonchev–Trinajstić information content (AvgIpc) is 3.06. The molecule has 0 fully saturated rings. The Morgan fingerprint density at radius 3 is 2.45 bits per heavy atom. The molecule has 0 bridgehead atoms. The first-order chi connectivity index (χ1) is 14.7. The number of rotatable bonds is 4. The quantitative estimate of drug-likeness (QED) is 0.381. The van der Waals surface area contributed by atoms with Gasteiger partial charge in [0, 0.05) is 11.9 Å². The van der Waals surface area contributed by atoms with E-state index in [-0.39, 0.29) is 12.1 Å². The first kappa shape index (κ1) is 21.3. The van der Waals surface area contributed by atoms with Crippen molar-refractivity contribution in [3.8, 4) is 0 Å². The van der Waals surface area contributed by atoms with Crippen LogP contribution in [0.3, 0.4) is 0 Å². The third-order valence-electron chi connectivity index (χ3n) is 5.02. The van der Waals surface area contributed by atoms with Gasteiger partial charge in [0.25, 0.3) is 0 Å². The van der Waals surface area contributed by atoms with Crippen LogP contribution in [0.5, 0.6) is 0 Å². The topological polar surface area (TPSA) is 40.5 Å². The van der Waals surface area contributed by atoms with Crippen molar-refractivity contribution in [3.05, 3.63) is 69.9 Å². The Balaban J connectivity index is 1.68. The van der Waals surface area contributed by atoms with Crippen LogP contribution in [0.1, 0.15) is 29.5 Å². The number of anilines is 1. The van der Waals surface area contributed by atoms with Gasteiger partial charge < -0.3 is 10.2 Å². The molecular weight excluding hydrogens is 428 g/mol. The van der Waals surface area contributed by atoms with Crippen molar-refractivity contribution in [1.82, 2.24) is 9.88 Å². The monoisotopic (exact) mass is 448 g/mol. The van der Waals surface area contributed by atoms with Crippen LogP contribution in [0.25, 0.3) is 10.2 Å². The molecule has 0 radical (unpaired) electrons. The van der Waals surface area contributed by atoms with Crippen molar-refractivity contribution in [1.29, 1.82) is 0 Å². The number of guanidine groups is 1. The number of thiazole rings is 1. The number of halogens is 4. The molecule has 1 aliphatic heterocycles. The minimum absolute atomic E-state index is 0.0925. The highest BCUT2D eigenvalue weighted by Gasteiger charge is 2.24. The second-order valence-corrected chi connectivity index (χ2v) is 8.62. The highest BCUT2D eigenvalue weighted by atomic mass is 32.1. The van der Waals surface area contributed by atoms with Gasteiger partial charge in [-0.1, -0.05) is 6.92 Å². The summed E-state index contributed by atoms with van der Waals surface area (Å²) in [5.41, 5.74) is 2.72. The Hall–Kier alpha value is -2.94. The van der Waals surface area contributed by atoms with E-state index in [0.29, 0.717) is 12.4 Å². The fourth-order valence-corrected chi connectivity index (χ4v) is 4.28. The smallest absolute Gasteiger partial charge is 0.203 e. The number of hydrogen-bond acceptors (Lipinski definition) is 5. The number of hydrogen-bond donors (Lipinski definition) is 1. The molecule has 1 aliphatic rings. The van der Waals surface area contributed by atoms with E-state index in [9.17, 15) is 17.6 Å². The van der Waals surface area contributed by atoms with Crippen LogP contribution in [-0.4, -0.2) is 21.9 Å². The summed E-state index contributed by atoms with van der Waals surface area (Å²) in [6.45, 7) is 5.57. The molecule has 1 aromatic heterocycles. The summed E-state index contributed by atoms with van der Waals surface area (Å²) in [6.07, 6.45) is 1.71. The Labute approximate surface area is 180 Å². The summed E-state index contributed by atoms with van der Waals surface area (Å²) >= 11 is 1.56. The molecule has 0 spiro atoms. The first-order valence-electron chi connectivity index (χ1n) is 9.75. The average molecular weight is 448 g/mol. The summed E-state index contributed by atoms with van der Waals surface area (Å²) < 4.78 is 56.1. The molecule has 9 heteroatoms. The van der Waals surface area contributed by atoms with E-state index >= 15 is 0 Å². The van der Waals surface area contributed by atoms with Crippen molar-refractivity contribution in [2.24, 2.45) is 4.99 Å². The van der Waals surface area contributed by atoms with E-state index in [1.54, 1.807) is 11.3 Å². The van der Waals surface area contributed by atoms with Crippen molar-refractivity contribution in [2.75, 3.05) is 5.32 Å². The number of nitrogens with one attached hydrogen (secondary N) is 1. The number of aryl methyl sites for hydroxylation is 2. The summed E-state index contributed by atoms with van der Waals surface area (Å²) in [7, 11) is 0. The highest BCUT2D eigenvalue weighted by Crippen LogP contribution is 2.29. The number of fused-ring (bicyclic) bond motifs is 1. The zero-order valence-corrected chi connectivity index (χ0v) is 18.0. The fraction of sp³-hybridized carbons (Fsp3) is 0.273. The van der Waals surface area contributed by atoms with Gasteiger partial charge in [-0.3, -0.25) is 0 Å². The van der Waals surface area contributed by atoms with E-state index in [4.69, 9.17) is 0 Å². The lowest BCUT2D eigenvalue weighted by Crippen LogP contribution is -2.37. The molecule has 31 heavy (non-hydrogen) atoms. The Morgan fingerprint density at radius 2 is 1.77 bits per heavy atom. The molecule has 1 unspecified atom stereocenters. The lowest BCUT2D eigenvalue weighted by Gasteiger charge is -2.29. The van der Waals surface area contributed by atoms with Gasteiger partial charge >= 0.3 is 0 Å². The second kappa shape index (κ2) is 8.30. The van der Waals surface area contributed by atoms with E-state index in [1.165, 1.54) is 11.1 Å². The Morgan fingerprint density at radius 1 is 1.06 bits per heavy atom. The zero-order chi connectivity index (χ0) is 22.3. The highest BCUT2D eigenvalue weighted by molar-refractivity contribution is 7.18. The number of aromatic nitrogens is 1. The maximum absolute atomic E-state index is 14.5. The molecule has 2 heterocycles. The summed E-state index contributed by atoms with van der Waals surface area (Å²) in [4.78, 5) is 10.4. The molecule has 4 rings (SSSR count). The van der Waals surface area contributed by atoms with Crippen molar-refractivity contribution in [3.63, 3.8) is 0 Å². The van der Waals surface area contributed by atoms with E-state index in [2.05, 4.69) is 15.3 Å². The zero-order valence-electron chi connectivity index (χ0n) is 17.1. The van der Waals surface area contributed by atoms with Gasteiger partial charge in [0.05, 0.1) is 21.8 Å².